The lowest BCUT2D eigenvalue weighted by molar-refractivity contribution is 0.0692. The number of nitrogens with one attached hydrogen (secondary N) is 1. The fraction of sp³-hybridized carbons (Fsp3) is 0.0833. The van der Waals surface area contributed by atoms with Gasteiger partial charge < -0.3 is 5.11 Å². The summed E-state index contributed by atoms with van der Waals surface area (Å²) in [5.41, 5.74) is -0.617. The van der Waals surface area contributed by atoms with Crippen LogP contribution >= 0.6 is 27.3 Å². The quantitative estimate of drug-likeness (QED) is 0.832. The molecule has 0 bridgehead atoms. The number of sulfonamides is 1. The molecule has 0 aliphatic carbocycles. The van der Waals surface area contributed by atoms with Crippen LogP contribution < -0.4 is 4.72 Å². The molecule has 1 aromatic heterocycles. The van der Waals surface area contributed by atoms with Gasteiger partial charge in [-0.1, -0.05) is 0 Å². The third-order valence-corrected chi connectivity index (χ3v) is 5.77. The van der Waals surface area contributed by atoms with Gasteiger partial charge in [0.25, 0.3) is 10.0 Å². The monoisotopic (exact) mass is 393 g/mol. The van der Waals surface area contributed by atoms with Crippen molar-refractivity contribution in [3.8, 4) is 0 Å². The minimum absolute atomic E-state index is 0.0180. The maximum absolute atomic E-state index is 13.3. The van der Waals surface area contributed by atoms with Crippen molar-refractivity contribution in [1.29, 1.82) is 0 Å². The van der Waals surface area contributed by atoms with Gasteiger partial charge in [-0.05, 0) is 47.1 Å². The largest absolute Gasteiger partial charge is 0.478 e. The number of aryl methyl sites for hydroxylation is 1. The van der Waals surface area contributed by atoms with Gasteiger partial charge in [0.2, 0.25) is 0 Å². The van der Waals surface area contributed by atoms with Crippen LogP contribution in [0.4, 0.5) is 10.1 Å². The van der Waals surface area contributed by atoms with E-state index in [0.717, 1.165) is 18.2 Å². The lowest BCUT2D eigenvalue weighted by Gasteiger charge is -2.08. The van der Waals surface area contributed by atoms with Crippen molar-refractivity contribution in [2.75, 3.05) is 4.72 Å². The second-order valence-electron chi connectivity index (χ2n) is 4.08. The van der Waals surface area contributed by atoms with E-state index in [2.05, 4.69) is 20.7 Å². The fourth-order valence-electron chi connectivity index (χ4n) is 1.66. The zero-order valence-electron chi connectivity index (χ0n) is 10.6. The van der Waals surface area contributed by atoms with E-state index in [1.165, 1.54) is 17.4 Å². The lowest BCUT2D eigenvalue weighted by atomic mass is 10.2. The molecule has 0 spiro atoms. The van der Waals surface area contributed by atoms with Crippen molar-refractivity contribution in [3.05, 3.63) is 44.3 Å². The predicted octanol–water partition coefficient (Wildman–Crippen LogP) is 3.46. The third-order valence-electron chi connectivity index (χ3n) is 2.58. The maximum atomic E-state index is 13.3. The van der Waals surface area contributed by atoms with Crippen LogP contribution in [0, 0.1) is 12.7 Å². The van der Waals surface area contributed by atoms with Gasteiger partial charge in [-0.15, -0.1) is 11.3 Å². The average Bonchev–Trinajstić information content (AvgIpc) is 2.71. The Morgan fingerprint density at radius 2 is 2.05 bits per heavy atom. The minimum Gasteiger partial charge on any atom is -0.478 e. The highest BCUT2D eigenvalue weighted by Gasteiger charge is 2.20. The number of carbonyl (C=O) groups is 1. The lowest BCUT2D eigenvalue weighted by Crippen LogP contribution is -2.14. The van der Waals surface area contributed by atoms with Crippen LogP contribution in [-0.4, -0.2) is 19.5 Å². The number of hydrogen-bond acceptors (Lipinski definition) is 4. The Morgan fingerprint density at radius 3 is 2.57 bits per heavy atom. The van der Waals surface area contributed by atoms with Crippen molar-refractivity contribution >= 4 is 48.9 Å². The van der Waals surface area contributed by atoms with Crippen LogP contribution in [0.15, 0.2) is 32.9 Å². The highest BCUT2D eigenvalue weighted by atomic mass is 79.9. The molecule has 1 aromatic carbocycles. The zero-order valence-corrected chi connectivity index (χ0v) is 13.8. The van der Waals surface area contributed by atoms with Gasteiger partial charge >= 0.3 is 5.97 Å². The number of benzene rings is 1. The first-order valence-electron chi connectivity index (χ1n) is 5.52. The second-order valence-corrected chi connectivity index (χ2v) is 8.36. The molecule has 2 aromatic rings. The molecule has 2 N–H and O–H groups in total. The minimum atomic E-state index is -3.86. The summed E-state index contributed by atoms with van der Waals surface area (Å²) in [5, 5.41) is 8.83. The van der Waals surface area contributed by atoms with Gasteiger partial charge in [0.15, 0.2) is 0 Å². The molecule has 112 valence electrons. The van der Waals surface area contributed by atoms with Crippen LogP contribution in [0.5, 0.6) is 0 Å². The van der Waals surface area contributed by atoms with Crippen molar-refractivity contribution in [2.45, 2.75) is 11.8 Å². The summed E-state index contributed by atoms with van der Waals surface area (Å²) in [7, 11) is -3.86. The summed E-state index contributed by atoms with van der Waals surface area (Å²) < 4.78 is 40.6. The van der Waals surface area contributed by atoms with Gasteiger partial charge in [0, 0.05) is 10.6 Å². The highest BCUT2D eigenvalue weighted by Crippen LogP contribution is 2.31. The van der Waals surface area contributed by atoms with Gasteiger partial charge in [0.1, 0.15) is 10.7 Å². The molecule has 0 aliphatic rings. The number of aromatic carboxylic acids is 1. The normalized spacial score (nSPS) is 11.4. The van der Waals surface area contributed by atoms with Crippen molar-refractivity contribution < 1.29 is 22.7 Å². The number of halogens is 2. The summed E-state index contributed by atoms with van der Waals surface area (Å²) in [6.07, 6.45) is 0. The number of carboxylic acids is 1. The first-order valence-corrected chi connectivity index (χ1v) is 8.61. The molecule has 0 atom stereocenters. The molecule has 2 rings (SSSR count). The van der Waals surface area contributed by atoms with E-state index in [9.17, 15) is 17.6 Å². The summed E-state index contributed by atoms with van der Waals surface area (Å²) in [5.74, 6) is -2.40. The van der Waals surface area contributed by atoms with Gasteiger partial charge in [-0.25, -0.2) is 17.6 Å². The molecule has 0 amide bonds. The summed E-state index contributed by atoms with van der Waals surface area (Å²) >= 11 is 4.46. The molecule has 21 heavy (non-hydrogen) atoms. The third kappa shape index (κ3) is 3.42. The van der Waals surface area contributed by atoms with E-state index < -0.39 is 27.4 Å². The molecular weight excluding hydrogens is 385 g/mol. The molecule has 5 nitrogen and oxygen atoms in total. The molecule has 1 heterocycles. The van der Waals surface area contributed by atoms with Crippen LogP contribution in [0.3, 0.4) is 0 Å². The van der Waals surface area contributed by atoms with Crippen LogP contribution in [-0.2, 0) is 10.0 Å². The molecule has 0 aliphatic heterocycles. The molecule has 0 fully saturated rings. The molecule has 0 radical (unpaired) electrons. The number of hydrogen-bond donors (Lipinski definition) is 2. The Morgan fingerprint density at radius 1 is 1.38 bits per heavy atom. The van der Waals surface area contributed by atoms with Crippen LogP contribution in [0.25, 0.3) is 0 Å². The topological polar surface area (TPSA) is 83.5 Å². The maximum Gasteiger partial charge on any atom is 0.338 e. The zero-order chi connectivity index (χ0) is 15.8. The van der Waals surface area contributed by atoms with Crippen molar-refractivity contribution in [3.63, 3.8) is 0 Å². The predicted molar refractivity (Wildman–Crippen MR) is 80.9 cm³/mol. The standard InChI is InChI=1S/C12H9BrFNO4S2/c1-6-10(5-11(13)20-6)21(18,19)15-7-2-3-9(14)8(4-7)12(16)17/h2-5,15H,1H3,(H,16,17). The molecular formula is C12H9BrFNO4S2. The number of rotatable bonds is 4. The van der Waals surface area contributed by atoms with Crippen LogP contribution in [0.1, 0.15) is 15.2 Å². The number of thiophene rings is 1. The average molecular weight is 394 g/mol. The van der Waals surface area contributed by atoms with Crippen LogP contribution in [0.2, 0.25) is 0 Å². The smallest absolute Gasteiger partial charge is 0.338 e. The van der Waals surface area contributed by atoms with Gasteiger partial charge in [-0.3, -0.25) is 4.72 Å². The van der Waals surface area contributed by atoms with Gasteiger partial charge in [0.05, 0.1) is 9.35 Å². The first kappa shape index (κ1) is 15.9. The highest BCUT2D eigenvalue weighted by molar-refractivity contribution is 9.11. The fourth-order valence-corrected chi connectivity index (χ4v) is 5.13. The molecule has 0 saturated carbocycles. The summed E-state index contributed by atoms with van der Waals surface area (Å²) in [6, 6.07) is 4.45. The van der Waals surface area contributed by atoms with Gasteiger partial charge in [-0.2, -0.15) is 0 Å². The molecule has 0 unspecified atom stereocenters. The van der Waals surface area contributed by atoms with E-state index in [1.807, 2.05) is 0 Å². The second kappa shape index (κ2) is 5.74. The Kier molecular flexibility index (Phi) is 4.35. The number of carboxylic acid groups (broad SMARTS) is 1. The SMILES string of the molecule is Cc1sc(Br)cc1S(=O)(=O)Nc1ccc(F)c(C(=O)O)c1. The van der Waals surface area contributed by atoms with E-state index in [-0.39, 0.29) is 10.6 Å². The Balaban J connectivity index is 2.40. The molecule has 9 heteroatoms. The van der Waals surface area contributed by atoms with Crippen molar-refractivity contribution in [1.82, 2.24) is 0 Å². The summed E-state index contributed by atoms with van der Waals surface area (Å²) in [4.78, 5) is 11.5. The Bertz CT molecular complexity index is 817. The first-order chi connectivity index (χ1) is 9.70. The van der Waals surface area contributed by atoms with Crippen molar-refractivity contribution in [2.24, 2.45) is 0 Å². The molecule has 0 saturated heterocycles. The van der Waals surface area contributed by atoms with E-state index in [0.29, 0.717) is 8.66 Å². The summed E-state index contributed by atoms with van der Waals surface area (Å²) in [6.45, 7) is 1.65. The Labute approximate surface area is 132 Å². The number of anilines is 1. The van der Waals surface area contributed by atoms with E-state index >= 15 is 0 Å². The van der Waals surface area contributed by atoms with E-state index in [1.54, 1.807) is 6.92 Å². The van der Waals surface area contributed by atoms with E-state index in [4.69, 9.17) is 5.11 Å². The Hall–Kier alpha value is -1.45.